The molecule has 0 aromatic heterocycles. The number of nitrogens with two attached hydrogens (primary N) is 1. The van der Waals surface area contributed by atoms with E-state index in [0.717, 1.165) is 18.9 Å². The van der Waals surface area contributed by atoms with Crippen molar-refractivity contribution in [3.05, 3.63) is 29.6 Å². The van der Waals surface area contributed by atoms with Gasteiger partial charge in [-0.3, -0.25) is 4.79 Å². The van der Waals surface area contributed by atoms with Crippen LogP contribution >= 0.6 is 0 Å². The van der Waals surface area contributed by atoms with Crippen molar-refractivity contribution in [1.82, 2.24) is 5.32 Å². The molecule has 1 aliphatic rings. The molecule has 6 nitrogen and oxygen atoms in total. The molecule has 0 radical (unpaired) electrons. The SMILES string of the molecule is Nc1ccc(F)c(C(=O)OCC(=O)NC2CCOCC2)c1. The average Bonchev–Trinajstić information content (AvgIpc) is 2.48. The van der Waals surface area contributed by atoms with Crippen LogP contribution in [0.15, 0.2) is 18.2 Å². The van der Waals surface area contributed by atoms with Gasteiger partial charge in [-0.1, -0.05) is 0 Å². The number of benzene rings is 1. The smallest absolute Gasteiger partial charge is 0.341 e. The van der Waals surface area contributed by atoms with E-state index in [1.165, 1.54) is 12.1 Å². The highest BCUT2D eigenvalue weighted by molar-refractivity contribution is 5.92. The first-order valence-corrected chi connectivity index (χ1v) is 6.65. The minimum Gasteiger partial charge on any atom is -0.452 e. The topological polar surface area (TPSA) is 90.7 Å². The lowest BCUT2D eigenvalue weighted by molar-refractivity contribution is -0.125. The van der Waals surface area contributed by atoms with Crippen molar-refractivity contribution in [3.8, 4) is 0 Å². The minimum atomic E-state index is -0.915. The first kappa shape index (κ1) is 15.2. The number of hydrogen-bond acceptors (Lipinski definition) is 5. The van der Waals surface area contributed by atoms with E-state index in [9.17, 15) is 14.0 Å². The number of carbonyl (C=O) groups is 2. The van der Waals surface area contributed by atoms with E-state index in [0.29, 0.717) is 13.2 Å². The number of ether oxygens (including phenoxy) is 2. The maximum atomic E-state index is 13.4. The van der Waals surface area contributed by atoms with Gasteiger partial charge >= 0.3 is 5.97 Å². The Balaban J connectivity index is 1.82. The summed E-state index contributed by atoms with van der Waals surface area (Å²) in [5.74, 6) is -2.07. The zero-order valence-electron chi connectivity index (χ0n) is 11.4. The third kappa shape index (κ3) is 4.42. The summed E-state index contributed by atoms with van der Waals surface area (Å²) in [4.78, 5) is 23.3. The Bertz CT molecular complexity index is 530. The third-order valence-corrected chi connectivity index (χ3v) is 3.13. The number of halogens is 1. The number of rotatable bonds is 4. The minimum absolute atomic E-state index is 0.0223. The van der Waals surface area contributed by atoms with Gasteiger partial charge in [0.2, 0.25) is 0 Å². The molecular weight excluding hydrogens is 279 g/mol. The molecule has 2 rings (SSSR count). The van der Waals surface area contributed by atoms with Crippen molar-refractivity contribution in [3.63, 3.8) is 0 Å². The van der Waals surface area contributed by atoms with Crippen LogP contribution in [0.1, 0.15) is 23.2 Å². The Morgan fingerprint density at radius 3 is 2.81 bits per heavy atom. The standard InChI is InChI=1S/C14H17FN2O4/c15-12-2-1-9(16)7-11(12)14(19)21-8-13(18)17-10-3-5-20-6-4-10/h1-2,7,10H,3-6,8,16H2,(H,17,18). The van der Waals surface area contributed by atoms with Crippen LogP contribution < -0.4 is 11.1 Å². The lowest BCUT2D eigenvalue weighted by Crippen LogP contribution is -2.41. The zero-order chi connectivity index (χ0) is 15.2. The molecule has 1 aromatic carbocycles. The second-order valence-corrected chi connectivity index (χ2v) is 4.77. The maximum absolute atomic E-state index is 13.4. The summed E-state index contributed by atoms with van der Waals surface area (Å²) in [5, 5.41) is 2.74. The van der Waals surface area contributed by atoms with Gasteiger partial charge in [-0.05, 0) is 31.0 Å². The number of carbonyl (C=O) groups excluding carboxylic acids is 2. The largest absolute Gasteiger partial charge is 0.452 e. The summed E-state index contributed by atoms with van der Waals surface area (Å²) in [5.41, 5.74) is 5.44. The molecule has 114 valence electrons. The Hall–Kier alpha value is -2.15. The molecule has 1 aromatic rings. The highest BCUT2D eigenvalue weighted by Crippen LogP contribution is 2.13. The van der Waals surface area contributed by atoms with Gasteiger partial charge < -0.3 is 20.5 Å². The van der Waals surface area contributed by atoms with Crippen LogP contribution in [0, 0.1) is 5.82 Å². The fourth-order valence-electron chi connectivity index (χ4n) is 2.02. The molecule has 1 aliphatic heterocycles. The summed E-state index contributed by atoms with van der Waals surface area (Å²) in [6.45, 7) is 0.739. The van der Waals surface area contributed by atoms with Gasteiger partial charge in [-0.15, -0.1) is 0 Å². The Morgan fingerprint density at radius 2 is 2.10 bits per heavy atom. The summed E-state index contributed by atoms with van der Waals surface area (Å²) >= 11 is 0. The molecule has 0 aliphatic carbocycles. The Morgan fingerprint density at radius 1 is 1.38 bits per heavy atom. The molecule has 1 amide bonds. The number of nitrogens with one attached hydrogen (secondary N) is 1. The van der Waals surface area contributed by atoms with Crippen LogP contribution in [-0.4, -0.2) is 37.7 Å². The van der Waals surface area contributed by atoms with Crippen LogP contribution in [0.5, 0.6) is 0 Å². The second kappa shape index (κ2) is 7.03. The van der Waals surface area contributed by atoms with Crippen LogP contribution in [0.3, 0.4) is 0 Å². The monoisotopic (exact) mass is 296 g/mol. The molecule has 0 bridgehead atoms. The maximum Gasteiger partial charge on any atom is 0.341 e. The molecule has 1 saturated heterocycles. The van der Waals surface area contributed by atoms with Crippen molar-refractivity contribution in [2.24, 2.45) is 0 Å². The van der Waals surface area contributed by atoms with Gasteiger partial charge in [0, 0.05) is 24.9 Å². The molecule has 0 saturated carbocycles. The Labute approximate surface area is 121 Å². The van der Waals surface area contributed by atoms with Gasteiger partial charge in [0.05, 0.1) is 5.56 Å². The molecule has 1 heterocycles. The average molecular weight is 296 g/mol. The molecule has 3 N–H and O–H groups in total. The zero-order valence-corrected chi connectivity index (χ0v) is 11.4. The van der Waals surface area contributed by atoms with Crippen LogP contribution in [0.4, 0.5) is 10.1 Å². The van der Waals surface area contributed by atoms with E-state index in [1.807, 2.05) is 0 Å². The summed E-state index contributed by atoms with van der Waals surface area (Å²) in [7, 11) is 0. The number of anilines is 1. The summed E-state index contributed by atoms with van der Waals surface area (Å²) in [6.07, 6.45) is 1.45. The van der Waals surface area contributed by atoms with E-state index >= 15 is 0 Å². The van der Waals surface area contributed by atoms with Crippen molar-refractivity contribution in [1.29, 1.82) is 0 Å². The number of amides is 1. The fraction of sp³-hybridized carbons (Fsp3) is 0.429. The van der Waals surface area contributed by atoms with Gasteiger partial charge in [0.1, 0.15) is 5.82 Å². The predicted molar refractivity (Wildman–Crippen MR) is 73.1 cm³/mol. The second-order valence-electron chi connectivity index (χ2n) is 4.77. The van der Waals surface area contributed by atoms with E-state index in [1.54, 1.807) is 0 Å². The first-order valence-electron chi connectivity index (χ1n) is 6.65. The molecular formula is C14H17FN2O4. The highest BCUT2D eigenvalue weighted by atomic mass is 19.1. The number of nitrogen functional groups attached to an aromatic ring is 1. The van der Waals surface area contributed by atoms with Gasteiger partial charge in [0.15, 0.2) is 6.61 Å². The van der Waals surface area contributed by atoms with Crippen LogP contribution in [-0.2, 0) is 14.3 Å². The van der Waals surface area contributed by atoms with Crippen molar-refractivity contribution in [2.75, 3.05) is 25.6 Å². The summed E-state index contributed by atoms with van der Waals surface area (Å²) in [6, 6.07) is 3.61. The van der Waals surface area contributed by atoms with E-state index < -0.39 is 24.3 Å². The van der Waals surface area contributed by atoms with Crippen molar-refractivity contribution in [2.45, 2.75) is 18.9 Å². The highest BCUT2D eigenvalue weighted by Gasteiger charge is 2.18. The molecule has 0 spiro atoms. The van der Waals surface area contributed by atoms with E-state index in [-0.39, 0.29) is 17.3 Å². The third-order valence-electron chi connectivity index (χ3n) is 3.13. The number of hydrogen-bond donors (Lipinski definition) is 2. The van der Waals surface area contributed by atoms with Gasteiger partial charge in [-0.2, -0.15) is 0 Å². The lowest BCUT2D eigenvalue weighted by Gasteiger charge is -2.22. The predicted octanol–water partition coefficient (Wildman–Crippen LogP) is 0.860. The molecule has 1 fully saturated rings. The fourth-order valence-corrected chi connectivity index (χ4v) is 2.02. The van der Waals surface area contributed by atoms with Crippen molar-refractivity contribution < 1.29 is 23.5 Å². The molecule has 0 atom stereocenters. The quantitative estimate of drug-likeness (QED) is 0.635. The Kier molecular flexibility index (Phi) is 5.10. The van der Waals surface area contributed by atoms with Crippen LogP contribution in [0.2, 0.25) is 0 Å². The normalized spacial score (nSPS) is 15.5. The number of esters is 1. The molecule has 7 heteroatoms. The van der Waals surface area contributed by atoms with Gasteiger partial charge in [0.25, 0.3) is 5.91 Å². The molecule has 21 heavy (non-hydrogen) atoms. The van der Waals surface area contributed by atoms with Crippen molar-refractivity contribution >= 4 is 17.6 Å². The van der Waals surface area contributed by atoms with E-state index in [4.69, 9.17) is 15.2 Å². The van der Waals surface area contributed by atoms with Crippen LogP contribution in [0.25, 0.3) is 0 Å². The van der Waals surface area contributed by atoms with E-state index in [2.05, 4.69) is 5.32 Å². The first-order chi connectivity index (χ1) is 10.1. The molecule has 0 unspecified atom stereocenters. The van der Waals surface area contributed by atoms with Gasteiger partial charge in [-0.25, -0.2) is 9.18 Å². The lowest BCUT2D eigenvalue weighted by atomic mass is 10.1. The summed E-state index contributed by atoms with van der Waals surface area (Å²) < 4.78 is 23.4.